The highest BCUT2D eigenvalue weighted by Crippen LogP contribution is 2.16. The molecule has 0 aliphatic carbocycles. The van der Waals surface area contributed by atoms with E-state index in [9.17, 15) is 0 Å². The summed E-state index contributed by atoms with van der Waals surface area (Å²) in [7, 11) is 1.67. The van der Waals surface area contributed by atoms with Crippen molar-refractivity contribution in [3.8, 4) is 11.5 Å². The van der Waals surface area contributed by atoms with Gasteiger partial charge in [0.2, 0.25) is 0 Å². The molecule has 0 aromatic heterocycles. The van der Waals surface area contributed by atoms with Crippen molar-refractivity contribution in [2.24, 2.45) is 0 Å². The van der Waals surface area contributed by atoms with Gasteiger partial charge in [0.1, 0.15) is 22.9 Å². The first kappa shape index (κ1) is 31.3. The Labute approximate surface area is 228 Å². The van der Waals surface area contributed by atoms with Crippen LogP contribution in [0.4, 0.5) is 11.4 Å². The van der Waals surface area contributed by atoms with Crippen molar-refractivity contribution < 1.29 is 44.2 Å². The average Bonchev–Trinajstić information content (AvgIpc) is 2.85. The number of rotatable bonds is 11. The fraction of sp³-hybridized carbons (Fsp3) is 0.345. The zero-order valence-corrected chi connectivity index (χ0v) is 23.4. The third-order valence-electron chi connectivity index (χ3n) is 5.91. The fourth-order valence-corrected chi connectivity index (χ4v) is 4.09. The minimum Gasteiger partial charge on any atom is -1.00 e. The molecule has 0 radical (unpaired) electrons. The molecule has 0 spiro atoms. The number of anilines is 1. The van der Waals surface area contributed by atoms with Crippen LogP contribution in [0.15, 0.2) is 78.9 Å². The van der Waals surface area contributed by atoms with Gasteiger partial charge in [0.15, 0.2) is 0 Å². The van der Waals surface area contributed by atoms with Crippen LogP contribution >= 0.6 is 0 Å². The Morgan fingerprint density at radius 3 is 1.94 bits per heavy atom. The van der Waals surface area contributed by atoms with Crippen molar-refractivity contribution in [3.63, 3.8) is 0 Å². The number of hydrogen-bond donors (Lipinski definition) is 3. The lowest BCUT2D eigenvalue weighted by Gasteiger charge is -2.27. The van der Waals surface area contributed by atoms with Gasteiger partial charge in [-0.05, 0) is 88.4 Å². The Balaban J connectivity index is 0.00000324. The van der Waals surface area contributed by atoms with Crippen molar-refractivity contribution in [1.29, 1.82) is 0 Å². The highest BCUT2D eigenvalue weighted by atomic mass is 35.5. The van der Waals surface area contributed by atoms with E-state index in [2.05, 4.69) is 50.1 Å². The first-order chi connectivity index (χ1) is 16.5. The van der Waals surface area contributed by atoms with Gasteiger partial charge in [0.25, 0.3) is 5.84 Å². The standard InChI is InChI=1S/C29H37N3O2.2ClH/c1-22(2)32(23(3)4)20-9-21-34-28-18-14-26(15-19-28)31-29(24-10-7-6-8-11-24)30-25-12-16-27(33-5)17-13-25;;/h6-8,10-19,22-23H,9,20-21H2,1-5H3,(H,30,31);2*1H. The Morgan fingerprint density at radius 1 is 0.806 bits per heavy atom. The molecule has 0 heterocycles. The molecule has 0 fully saturated rings. The zero-order valence-electron chi connectivity index (χ0n) is 21.9. The number of halogens is 2. The summed E-state index contributed by atoms with van der Waals surface area (Å²) in [4.78, 5) is 5.14. The van der Waals surface area contributed by atoms with E-state index in [1.807, 2.05) is 66.7 Å². The summed E-state index contributed by atoms with van der Waals surface area (Å²) < 4.78 is 11.3. The smallest absolute Gasteiger partial charge is 0.285 e. The lowest BCUT2D eigenvalue weighted by atomic mass is 10.2. The Kier molecular flexibility index (Phi) is 14.0. The van der Waals surface area contributed by atoms with E-state index < -0.39 is 0 Å². The lowest BCUT2D eigenvalue weighted by molar-refractivity contribution is -0.942. The maximum Gasteiger partial charge on any atom is 0.285 e. The van der Waals surface area contributed by atoms with Gasteiger partial charge in [0, 0.05) is 6.42 Å². The maximum absolute atomic E-state index is 6.00. The summed E-state index contributed by atoms with van der Waals surface area (Å²) in [6.07, 6.45) is 1.05. The van der Waals surface area contributed by atoms with Gasteiger partial charge in [-0.3, -0.25) is 0 Å². The first-order valence-electron chi connectivity index (χ1n) is 12.1. The average molecular weight is 533 g/mol. The summed E-state index contributed by atoms with van der Waals surface area (Å²) >= 11 is 0. The predicted molar refractivity (Wildman–Crippen MR) is 140 cm³/mol. The molecular weight excluding hydrogens is 493 g/mol. The second-order valence-electron chi connectivity index (χ2n) is 9.08. The predicted octanol–water partition coefficient (Wildman–Crippen LogP) is -2.56. The summed E-state index contributed by atoms with van der Waals surface area (Å²) in [6.45, 7) is 11.0. The van der Waals surface area contributed by atoms with Gasteiger partial charge in [-0.15, -0.1) is 0 Å². The van der Waals surface area contributed by atoms with Crippen molar-refractivity contribution in [1.82, 2.24) is 0 Å². The number of amidine groups is 1. The Bertz CT molecular complexity index is 1020. The summed E-state index contributed by atoms with van der Waals surface area (Å²) in [5.74, 6) is 2.63. The van der Waals surface area contributed by atoms with Gasteiger partial charge in [-0.2, -0.15) is 0 Å². The van der Waals surface area contributed by atoms with E-state index in [1.54, 1.807) is 12.0 Å². The second kappa shape index (κ2) is 16.1. The van der Waals surface area contributed by atoms with Gasteiger partial charge in [0.05, 0.1) is 37.9 Å². The number of nitrogens with one attached hydrogen (secondary N) is 3. The van der Waals surface area contributed by atoms with Crippen LogP contribution in [0.1, 0.15) is 39.7 Å². The van der Waals surface area contributed by atoms with E-state index in [-0.39, 0.29) is 24.8 Å². The van der Waals surface area contributed by atoms with Crippen LogP contribution in [0.3, 0.4) is 0 Å². The lowest BCUT2D eigenvalue weighted by Crippen LogP contribution is -3.17. The van der Waals surface area contributed by atoms with Gasteiger partial charge in [-0.25, -0.2) is 10.3 Å². The van der Waals surface area contributed by atoms with Crippen LogP contribution in [0.5, 0.6) is 11.5 Å². The van der Waals surface area contributed by atoms with Crippen LogP contribution in [-0.2, 0) is 0 Å². The molecule has 3 aromatic carbocycles. The molecule has 36 heavy (non-hydrogen) atoms. The summed E-state index contributed by atoms with van der Waals surface area (Å²) in [6, 6.07) is 27.5. The highest BCUT2D eigenvalue weighted by Gasteiger charge is 2.16. The molecule has 0 saturated carbocycles. The molecule has 0 saturated heterocycles. The monoisotopic (exact) mass is 531 g/mol. The fourth-order valence-electron chi connectivity index (χ4n) is 4.09. The van der Waals surface area contributed by atoms with Crippen molar-refractivity contribution >= 4 is 17.2 Å². The number of quaternary nitrogens is 1. The molecule has 3 N–H and O–H groups in total. The molecule has 5 nitrogen and oxygen atoms in total. The van der Waals surface area contributed by atoms with Crippen molar-refractivity contribution in [2.45, 2.75) is 46.2 Å². The molecular formula is C29H39Cl2N3O2. The third-order valence-corrected chi connectivity index (χ3v) is 5.91. The van der Waals surface area contributed by atoms with Crippen LogP contribution in [0, 0.1) is 0 Å². The molecule has 3 aromatic rings. The van der Waals surface area contributed by atoms with Crippen LogP contribution in [0.2, 0.25) is 0 Å². The molecule has 0 unspecified atom stereocenters. The quantitative estimate of drug-likeness (QED) is 0.145. The number of benzene rings is 3. The molecule has 0 bridgehead atoms. The van der Waals surface area contributed by atoms with Gasteiger partial charge < -0.3 is 39.2 Å². The zero-order chi connectivity index (χ0) is 24.3. The van der Waals surface area contributed by atoms with E-state index >= 15 is 0 Å². The largest absolute Gasteiger partial charge is 1.00 e. The normalized spacial score (nSPS) is 11.2. The summed E-state index contributed by atoms with van der Waals surface area (Å²) in [5, 5.41) is 3.50. The Morgan fingerprint density at radius 2 is 1.39 bits per heavy atom. The molecule has 0 atom stereocenters. The number of hydrogen-bond acceptors (Lipinski definition) is 2. The molecule has 0 aliphatic rings. The molecule has 196 valence electrons. The number of ether oxygens (including phenoxy) is 2. The second-order valence-corrected chi connectivity index (χ2v) is 9.08. The third kappa shape index (κ3) is 9.73. The molecule has 0 amide bonds. The van der Waals surface area contributed by atoms with Gasteiger partial charge >= 0.3 is 0 Å². The van der Waals surface area contributed by atoms with Gasteiger partial charge in [-0.1, -0.05) is 18.2 Å². The number of methoxy groups -OCH3 is 1. The van der Waals surface area contributed by atoms with E-state index in [1.165, 1.54) is 0 Å². The summed E-state index contributed by atoms with van der Waals surface area (Å²) in [5.41, 5.74) is 3.04. The minimum atomic E-state index is 0. The molecule has 3 rings (SSSR count). The maximum atomic E-state index is 6.00. The van der Waals surface area contributed by atoms with Crippen LogP contribution in [-0.4, -0.2) is 38.2 Å². The van der Waals surface area contributed by atoms with Crippen LogP contribution in [0.25, 0.3) is 0 Å². The molecule has 7 heteroatoms. The Hall–Kier alpha value is -2.73. The topological polar surface area (TPSA) is 48.9 Å². The highest BCUT2D eigenvalue weighted by molar-refractivity contribution is 6.04. The van der Waals surface area contributed by atoms with Crippen molar-refractivity contribution in [3.05, 3.63) is 84.4 Å². The minimum absolute atomic E-state index is 0. The van der Waals surface area contributed by atoms with Crippen molar-refractivity contribution in [2.75, 3.05) is 25.6 Å². The SMILES string of the molecule is COc1ccc(NC(=[NH+]c2ccc(OCCC[NH+](C(C)C)C(C)C)cc2)c2ccccc2)cc1.[Cl-].[Cl-]. The van der Waals surface area contributed by atoms with Crippen LogP contribution < -0.4 is 49.5 Å². The van der Waals surface area contributed by atoms with E-state index in [4.69, 9.17) is 9.47 Å². The van der Waals surface area contributed by atoms with E-state index in [0.717, 1.165) is 53.8 Å². The molecule has 0 aliphatic heterocycles. The van der Waals surface area contributed by atoms with E-state index in [0.29, 0.717) is 12.1 Å². The first-order valence-corrected chi connectivity index (χ1v) is 12.1.